The van der Waals surface area contributed by atoms with E-state index in [1.807, 2.05) is 6.92 Å². The lowest BCUT2D eigenvalue weighted by molar-refractivity contribution is -0.145. The molecule has 0 saturated heterocycles. The predicted molar refractivity (Wildman–Crippen MR) is 96.2 cm³/mol. The minimum Gasteiger partial charge on any atom is -0.494 e. The molecule has 0 spiro atoms. The fourth-order valence-electron chi connectivity index (χ4n) is 2.30. The Morgan fingerprint density at radius 1 is 1.07 bits per heavy atom. The fourth-order valence-corrected chi connectivity index (χ4v) is 2.30. The van der Waals surface area contributed by atoms with Crippen molar-refractivity contribution in [3.63, 3.8) is 0 Å². The Morgan fingerprint density at radius 3 is 2.37 bits per heavy atom. The molecule has 2 aromatic rings. The lowest BCUT2D eigenvalue weighted by atomic mass is 10.1. The van der Waals surface area contributed by atoms with Crippen LogP contribution in [0, 0.1) is 5.82 Å². The zero-order chi connectivity index (χ0) is 19.8. The summed E-state index contributed by atoms with van der Waals surface area (Å²) in [5.74, 6) is -1.98. The van der Waals surface area contributed by atoms with Crippen LogP contribution in [0.1, 0.15) is 34.6 Å². The summed E-state index contributed by atoms with van der Waals surface area (Å²) in [6.07, 6.45) is -1.03. The summed E-state index contributed by atoms with van der Waals surface area (Å²) in [6, 6.07) is 11.9. The van der Waals surface area contributed by atoms with Crippen LogP contribution in [0.25, 0.3) is 0 Å². The standard InChI is InChI=1S/C20H20FNO5/c1-3-26-15-10-8-14(9-11-15)19(24)13(2)27-18(23)12-22-20(25)16-6-4-5-7-17(16)21/h4-11,13H,3,12H2,1-2H3,(H,22,25)/t13-/m1/s1. The highest BCUT2D eigenvalue weighted by Crippen LogP contribution is 2.14. The van der Waals surface area contributed by atoms with Gasteiger partial charge in [-0.1, -0.05) is 12.1 Å². The maximum Gasteiger partial charge on any atom is 0.326 e. The molecular formula is C20H20FNO5. The van der Waals surface area contributed by atoms with Crippen LogP contribution in [0.5, 0.6) is 5.75 Å². The van der Waals surface area contributed by atoms with Gasteiger partial charge in [-0.3, -0.25) is 14.4 Å². The van der Waals surface area contributed by atoms with Crippen molar-refractivity contribution in [3.05, 3.63) is 65.5 Å². The topological polar surface area (TPSA) is 81.7 Å². The third-order valence-corrected chi connectivity index (χ3v) is 3.64. The van der Waals surface area contributed by atoms with Gasteiger partial charge in [0, 0.05) is 5.56 Å². The van der Waals surface area contributed by atoms with Crippen molar-refractivity contribution in [2.24, 2.45) is 0 Å². The number of ether oxygens (including phenoxy) is 2. The molecule has 6 nitrogen and oxygen atoms in total. The zero-order valence-electron chi connectivity index (χ0n) is 15.0. The van der Waals surface area contributed by atoms with Gasteiger partial charge in [0.15, 0.2) is 6.10 Å². The lowest BCUT2D eigenvalue weighted by Gasteiger charge is -2.13. The van der Waals surface area contributed by atoms with Gasteiger partial charge in [0.1, 0.15) is 18.1 Å². The molecule has 1 N–H and O–H groups in total. The van der Waals surface area contributed by atoms with E-state index in [2.05, 4.69) is 5.32 Å². The molecule has 1 amide bonds. The molecule has 0 fully saturated rings. The molecule has 2 aromatic carbocycles. The number of esters is 1. The third-order valence-electron chi connectivity index (χ3n) is 3.64. The van der Waals surface area contributed by atoms with Gasteiger partial charge in [-0.2, -0.15) is 0 Å². The van der Waals surface area contributed by atoms with Crippen LogP contribution in [-0.2, 0) is 9.53 Å². The van der Waals surface area contributed by atoms with Gasteiger partial charge >= 0.3 is 5.97 Å². The van der Waals surface area contributed by atoms with E-state index in [1.54, 1.807) is 24.3 Å². The van der Waals surface area contributed by atoms with E-state index in [0.29, 0.717) is 17.9 Å². The average Bonchev–Trinajstić information content (AvgIpc) is 2.66. The van der Waals surface area contributed by atoms with Crippen molar-refractivity contribution in [2.45, 2.75) is 20.0 Å². The van der Waals surface area contributed by atoms with E-state index in [1.165, 1.54) is 25.1 Å². The van der Waals surface area contributed by atoms with E-state index in [0.717, 1.165) is 6.07 Å². The average molecular weight is 373 g/mol. The number of hydrogen-bond acceptors (Lipinski definition) is 5. The van der Waals surface area contributed by atoms with Gasteiger partial charge in [0.25, 0.3) is 5.91 Å². The molecule has 1 atom stereocenters. The maximum atomic E-state index is 13.5. The SMILES string of the molecule is CCOc1ccc(C(=O)[C@@H](C)OC(=O)CNC(=O)c2ccccc2F)cc1. The van der Waals surface area contributed by atoms with E-state index in [4.69, 9.17) is 9.47 Å². The van der Waals surface area contributed by atoms with Crippen molar-refractivity contribution < 1.29 is 28.2 Å². The third kappa shape index (κ3) is 5.64. The molecule has 0 aliphatic rings. The summed E-state index contributed by atoms with van der Waals surface area (Å²) in [7, 11) is 0. The van der Waals surface area contributed by atoms with Crippen molar-refractivity contribution in [2.75, 3.05) is 13.2 Å². The van der Waals surface area contributed by atoms with E-state index in [-0.39, 0.29) is 11.3 Å². The zero-order valence-corrected chi connectivity index (χ0v) is 15.0. The molecule has 0 saturated carbocycles. The second-order valence-corrected chi connectivity index (χ2v) is 5.62. The normalized spacial score (nSPS) is 11.4. The van der Waals surface area contributed by atoms with Gasteiger partial charge in [0.2, 0.25) is 5.78 Å². The number of ketones is 1. The summed E-state index contributed by atoms with van der Waals surface area (Å²) in [5.41, 5.74) is 0.193. The van der Waals surface area contributed by atoms with Gasteiger partial charge in [-0.15, -0.1) is 0 Å². The number of rotatable bonds is 8. The fraction of sp³-hybridized carbons (Fsp3) is 0.250. The first-order valence-corrected chi connectivity index (χ1v) is 8.41. The Morgan fingerprint density at radius 2 is 1.74 bits per heavy atom. The lowest BCUT2D eigenvalue weighted by Crippen LogP contribution is -2.34. The summed E-state index contributed by atoms with van der Waals surface area (Å²) in [6.45, 7) is 3.33. The van der Waals surface area contributed by atoms with Crippen LogP contribution in [-0.4, -0.2) is 36.9 Å². The summed E-state index contributed by atoms with van der Waals surface area (Å²) in [4.78, 5) is 36.0. The van der Waals surface area contributed by atoms with Crippen molar-refractivity contribution in [3.8, 4) is 5.75 Å². The minimum absolute atomic E-state index is 0.177. The number of benzene rings is 2. The smallest absolute Gasteiger partial charge is 0.326 e. The summed E-state index contributed by atoms with van der Waals surface area (Å²) >= 11 is 0. The molecule has 7 heteroatoms. The molecule has 0 bridgehead atoms. The first-order chi connectivity index (χ1) is 12.9. The quantitative estimate of drug-likeness (QED) is 0.568. The van der Waals surface area contributed by atoms with Gasteiger partial charge in [0.05, 0.1) is 12.2 Å². The van der Waals surface area contributed by atoms with Crippen LogP contribution < -0.4 is 10.1 Å². The minimum atomic E-state index is -1.03. The molecule has 0 heterocycles. The second kappa shape index (κ2) is 9.47. The van der Waals surface area contributed by atoms with E-state index in [9.17, 15) is 18.8 Å². The molecule has 2 rings (SSSR count). The second-order valence-electron chi connectivity index (χ2n) is 5.62. The maximum absolute atomic E-state index is 13.5. The Bertz CT molecular complexity index is 819. The van der Waals surface area contributed by atoms with Crippen LogP contribution in [0.15, 0.2) is 48.5 Å². The predicted octanol–water partition coefficient (Wildman–Crippen LogP) is 2.77. The Kier molecular flexibility index (Phi) is 7.05. The molecular weight excluding hydrogens is 353 g/mol. The Hall–Kier alpha value is -3.22. The number of hydrogen-bond donors (Lipinski definition) is 1. The van der Waals surface area contributed by atoms with Gasteiger partial charge < -0.3 is 14.8 Å². The van der Waals surface area contributed by atoms with E-state index >= 15 is 0 Å². The largest absolute Gasteiger partial charge is 0.494 e. The molecule has 0 radical (unpaired) electrons. The van der Waals surface area contributed by atoms with Crippen molar-refractivity contribution in [1.82, 2.24) is 5.32 Å². The Labute approximate surface area is 156 Å². The van der Waals surface area contributed by atoms with E-state index < -0.39 is 30.3 Å². The molecule has 0 unspecified atom stereocenters. The first-order valence-electron chi connectivity index (χ1n) is 8.41. The highest BCUT2D eigenvalue weighted by molar-refractivity contribution is 6.00. The summed E-state index contributed by atoms with van der Waals surface area (Å²) in [5, 5.41) is 2.26. The molecule has 142 valence electrons. The van der Waals surface area contributed by atoms with Gasteiger partial charge in [-0.05, 0) is 50.2 Å². The number of carbonyl (C=O) groups excluding carboxylic acids is 3. The van der Waals surface area contributed by atoms with Gasteiger partial charge in [-0.25, -0.2) is 4.39 Å². The number of carbonyl (C=O) groups is 3. The van der Waals surface area contributed by atoms with Crippen LogP contribution >= 0.6 is 0 Å². The molecule has 0 aromatic heterocycles. The molecule has 0 aliphatic carbocycles. The number of nitrogens with one attached hydrogen (secondary N) is 1. The molecule has 27 heavy (non-hydrogen) atoms. The summed E-state index contributed by atoms with van der Waals surface area (Å²) < 4.78 is 23.8. The van der Waals surface area contributed by atoms with Crippen LogP contribution in [0.4, 0.5) is 4.39 Å². The Balaban J connectivity index is 1.86. The van der Waals surface area contributed by atoms with Crippen LogP contribution in [0.2, 0.25) is 0 Å². The first kappa shape index (κ1) is 20.1. The number of amides is 1. The monoisotopic (exact) mass is 373 g/mol. The number of Topliss-reactive ketones (excluding diaryl/α,β-unsaturated/α-hetero) is 1. The number of halogens is 1. The highest BCUT2D eigenvalue weighted by atomic mass is 19.1. The van der Waals surface area contributed by atoms with Crippen molar-refractivity contribution >= 4 is 17.7 Å². The molecule has 0 aliphatic heterocycles. The van der Waals surface area contributed by atoms with Crippen molar-refractivity contribution in [1.29, 1.82) is 0 Å². The van der Waals surface area contributed by atoms with Crippen LogP contribution in [0.3, 0.4) is 0 Å². The highest BCUT2D eigenvalue weighted by Gasteiger charge is 2.20.